The lowest BCUT2D eigenvalue weighted by atomic mass is 9.89. The maximum absolute atomic E-state index is 12.2. The third-order valence-electron chi connectivity index (χ3n) is 3.55. The average Bonchev–Trinajstić information content (AvgIpc) is 2.59. The zero-order valence-electron chi connectivity index (χ0n) is 12.9. The first-order valence-corrected chi connectivity index (χ1v) is 6.73. The van der Waals surface area contributed by atoms with Crippen LogP contribution in [0, 0.1) is 0 Å². The van der Waals surface area contributed by atoms with Gasteiger partial charge in [0.05, 0.1) is 14.6 Å². The van der Waals surface area contributed by atoms with E-state index in [2.05, 4.69) is 0 Å². The van der Waals surface area contributed by atoms with Gasteiger partial charge in [0, 0.05) is 0 Å². The number of carbonyl (C=O) groups is 1. The summed E-state index contributed by atoms with van der Waals surface area (Å²) in [7, 11) is 0. The summed E-state index contributed by atoms with van der Waals surface area (Å²) in [6.07, 6.45) is -19.9. The summed E-state index contributed by atoms with van der Waals surface area (Å²) >= 11 is 0. The van der Waals surface area contributed by atoms with E-state index >= 15 is 0 Å². The highest BCUT2D eigenvalue weighted by atomic mass is 16.5. The number of aliphatic hydroxyl groups excluding tert-OH is 9. The minimum absolute atomic E-state index is 0.927. The Hall–Kier alpha value is -0.730. The van der Waals surface area contributed by atoms with E-state index in [0.717, 1.165) is 0 Å². The summed E-state index contributed by atoms with van der Waals surface area (Å²) in [5.74, 6) is -1.70. The lowest BCUT2D eigenvalue weighted by molar-refractivity contribution is -0.231. The molecule has 0 bridgehead atoms. The van der Waals surface area contributed by atoms with Crippen molar-refractivity contribution in [3.8, 4) is 0 Å². The van der Waals surface area contributed by atoms with Crippen molar-refractivity contribution in [3.05, 3.63) is 0 Å². The third kappa shape index (κ3) is 4.22. The summed E-state index contributed by atoms with van der Waals surface area (Å²) in [4.78, 5) is 12.2. The molecule has 0 radical (unpaired) electrons. The van der Waals surface area contributed by atoms with E-state index in [1.165, 1.54) is 0 Å². The van der Waals surface area contributed by atoms with Gasteiger partial charge in [0.15, 0.2) is 5.78 Å². The van der Waals surface area contributed by atoms with Crippen LogP contribution in [0.1, 0.15) is 1.37 Å². The lowest BCUT2D eigenvalue weighted by Crippen LogP contribution is -2.63. The Morgan fingerprint density at radius 2 is 1.57 bits per heavy atom. The zero-order valence-corrected chi connectivity index (χ0v) is 11.9. The molecule has 9 atom stereocenters. The molecule has 0 unspecified atom stereocenters. The molecule has 0 aliphatic carbocycles. The Morgan fingerprint density at radius 3 is 2.04 bits per heavy atom. The molecule has 1 rings (SSSR count). The van der Waals surface area contributed by atoms with E-state index in [1.54, 1.807) is 0 Å². The fraction of sp³-hybridized carbons (Fsp3) is 0.917. The normalized spacial score (nSPS) is 40.8. The molecule has 11 nitrogen and oxygen atoms in total. The van der Waals surface area contributed by atoms with Crippen LogP contribution < -0.4 is 0 Å². The minimum Gasteiger partial charge on any atom is -0.394 e. The predicted molar refractivity (Wildman–Crippen MR) is 69.9 cm³/mol. The number of rotatable bonds is 7. The van der Waals surface area contributed by atoms with Gasteiger partial charge in [-0.3, -0.25) is 4.79 Å². The maximum Gasteiger partial charge on any atom is 0.195 e. The highest BCUT2D eigenvalue weighted by Crippen LogP contribution is 2.23. The number of ketones is 1. The van der Waals surface area contributed by atoms with Crippen molar-refractivity contribution in [1.82, 2.24) is 0 Å². The van der Waals surface area contributed by atoms with E-state index in [1.807, 2.05) is 0 Å². The van der Waals surface area contributed by atoms with Gasteiger partial charge in [0.25, 0.3) is 0 Å². The van der Waals surface area contributed by atoms with Gasteiger partial charge in [0.1, 0.15) is 54.9 Å². The van der Waals surface area contributed by atoms with Crippen LogP contribution in [-0.2, 0) is 9.53 Å². The van der Waals surface area contributed by atoms with Gasteiger partial charge in [-0.25, -0.2) is 0 Å². The van der Waals surface area contributed by atoms with Gasteiger partial charge in [0.2, 0.25) is 0 Å². The molecule has 136 valence electrons. The topological polar surface area (TPSA) is 208 Å². The molecule has 23 heavy (non-hydrogen) atoms. The predicted octanol–water partition coefficient (Wildman–Crippen LogP) is -6.17. The smallest absolute Gasteiger partial charge is 0.195 e. The van der Waals surface area contributed by atoms with Crippen molar-refractivity contribution < 1.29 is 56.9 Å². The molecule has 1 saturated heterocycles. The van der Waals surface area contributed by atoms with E-state index in [4.69, 9.17) is 16.3 Å². The van der Waals surface area contributed by atoms with E-state index in [0.29, 0.717) is 0 Å². The monoisotopic (exact) mass is 343 g/mol. The molecule has 0 saturated carbocycles. The second-order valence-corrected chi connectivity index (χ2v) is 5.17. The number of aliphatic hydroxyl groups is 9. The van der Waals surface area contributed by atoms with Gasteiger partial charge >= 0.3 is 0 Å². The van der Waals surface area contributed by atoms with Crippen molar-refractivity contribution in [2.24, 2.45) is 0 Å². The Bertz CT molecular complexity index is 435. The summed E-state index contributed by atoms with van der Waals surface area (Å²) < 4.78 is 12.6. The van der Waals surface area contributed by atoms with Crippen LogP contribution in [0.4, 0.5) is 0 Å². The number of hydrogen-bond acceptors (Lipinski definition) is 11. The fourth-order valence-electron chi connectivity index (χ4n) is 2.04. The first-order valence-electron chi connectivity index (χ1n) is 7.23. The maximum atomic E-state index is 12.2. The quantitative estimate of drug-likeness (QED) is 0.212. The van der Waals surface area contributed by atoms with Crippen LogP contribution in [0.25, 0.3) is 0 Å². The SMILES string of the molecule is [2H][C@@]1(C(=O)[C@H](O)[C@@H](O)[C@H](O)[C@H](O)CO)O[C@H](CO)[C@@H](O)[C@H](O)[C@H]1O. The summed E-state index contributed by atoms with van der Waals surface area (Å²) in [5.41, 5.74) is 0. The molecule has 0 spiro atoms. The van der Waals surface area contributed by atoms with Gasteiger partial charge < -0.3 is 50.7 Å². The molecule has 0 aromatic carbocycles. The Kier molecular flexibility index (Phi) is 6.79. The van der Waals surface area contributed by atoms with Crippen LogP contribution in [-0.4, -0.2) is 120 Å². The molecule has 1 aliphatic heterocycles. The third-order valence-corrected chi connectivity index (χ3v) is 3.55. The largest absolute Gasteiger partial charge is 0.394 e. The van der Waals surface area contributed by atoms with E-state index < -0.39 is 73.9 Å². The summed E-state index contributed by atoms with van der Waals surface area (Å²) in [6, 6.07) is 0. The molecular weight excluding hydrogens is 320 g/mol. The van der Waals surface area contributed by atoms with E-state index in [9.17, 15) is 40.5 Å². The van der Waals surface area contributed by atoms with Crippen molar-refractivity contribution in [1.29, 1.82) is 0 Å². The van der Waals surface area contributed by atoms with Crippen molar-refractivity contribution in [2.75, 3.05) is 13.2 Å². The van der Waals surface area contributed by atoms with Crippen LogP contribution >= 0.6 is 0 Å². The minimum atomic E-state index is -3.07. The highest BCUT2D eigenvalue weighted by Gasteiger charge is 2.49. The Balaban J connectivity index is 3.02. The van der Waals surface area contributed by atoms with Crippen LogP contribution in [0.15, 0.2) is 0 Å². The molecule has 0 aromatic heterocycles. The van der Waals surface area contributed by atoms with Gasteiger partial charge in [-0.05, 0) is 0 Å². The fourth-order valence-corrected chi connectivity index (χ4v) is 2.04. The van der Waals surface area contributed by atoms with Gasteiger partial charge in [-0.15, -0.1) is 0 Å². The van der Waals surface area contributed by atoms with Crippen LogP contribution in [0.3, 0.4) is 0 Å². The second kappa shape index (κ2) is 8.39. The molecule has 1 fully saturated rings. The van der Waals surface area contributed by atoms with E-state index in [-0.39, 0.29) is 0 Å². The molecule has 1 aliphatic rings. The van der Waals surface area contributed by atoms with Crippen molar-refractivity contribution in [2.45, 2.75) is 54.9 Å². The zero-order chi connectivity index (χ0) is 18.8. The van der Waals surface area contributed by atoms with Crippen LogP contribution in [0.5, 0.6) is 0 Å². The molecule has 0 aromatic rings. The standard InChI is InChI=1S/C12H22O11/c13-1-3(15)5(16)7(18)9(20)11(22)12-10(21)8(19)6(17)4(2-14)23-12/h3-10,12-21H,1-2H2/t3-,4-,5-,6-,7+,8+,9-,10-,12-/m1/s1/i12D. The molecule has 11 heteroatoms. The average molecular weight is 343 g/mol. The summed E-state index contributed by atoms with van der Waals surface area (Å²) in [6.45, 7) is -1.93. The first kappa shape index (κ1) is 18.6. The lowest BCUT2D eigenvalue weighted by Gasteiger charge is -2.40. The molecular formula is C12H22O11. The molecule has 9 N–H and O–H groups in total. The number of carbonyl (C=O) groups excluding carboxylic acids is 1. The van der Waals surface area contributed by atoms with Crippen molar-refractivity contribution in [3.63, 3.8) is 0 Å². The Labute approximate surface area is 132 Å². The highest BCUT2D eigenvalue weighted by molar-refractivity contribution is 5.88. The Morgan fingerprint density at radius 1 is 1.00 bits per heavy atom. The first-order chi connectivity index (χ1) is 11.0. The number of ether oxygens (including phenoxy) is 1. The summed E-state index contributed by atoms with van der Waals surface area (Å²) in [5, 5.41) is 84.8. The van der Waals surface area contributed by atoms with Crippen molar-refractivity contribution >= 4 is 5.78 Å². The number of Topliss-reactive ketones (excluding diaryl/α,β-unsaturated/α-hetero) is 1. The van der Waals surface area contributed by atoms with Crippen LogP contribution in [0.2, 0.25) is 0 Å². The van der Waals surface area contributed by atoms with Gasteiger partial charge in [-0.2, -0.15) is 0 Å². The molecule has 0 amide bonds. The molecule has 1 heterocycles. The second-order valence-electron chi connectivity index (χ2n) is 5.17. The number of hydrogen-bond donors (Lipinski definition) is 9. The van der Waals surface area contributed by atoms with Gasteiger partial charge in [-0.1, -0.05) is 0 Å².